The quantitative estimate of drug-likeness (QED) is 0.711. The van der Waals surface area contributed by atoms with Crippen LogP contribution in [0.25, 0.3) is 0 Å². The van der Waals surface area contributed by atoms with Gasteiger partial charge in [0.15, 0.2) is 5.69 Å². The molecule has 0 aliphatic heterocycles. The minimum absolute atomic E-state index is 0.263. The van der Waals surface area contributed by atoms with Crippen LogP contribution in [0, 0.1) is 0 Å². The molecule has 1 aromatic rings. The molecule has 6 nitrogen and oxygen atoms in total. The Balaban J connectivity index is 2.57. The van der Waals surface area contributed by atoms with Crippen LogP contribution in [0.5, 0.6) is 0 Å². The smallest absolute Gasteiger partial charge is 0.273 e. The minimum Gasteiger partial charge on any atom is -0.382 e. The van der Waals surface area contributed by atoms with Crippen LogP contribution >= 0.6 is 0 Å². The number of rotatable bonds is 4. The summed E-state index contributed by atoms with van der Waals surface area (Å²) in [6, 6.07) is 0. The van der Waals surface area contributed by atoms with Crippen LogP contribution in [0.4, 0.5) is 0 Å². The summed E-state index contributed by atoms with van der Waals surface area (Å²) in [7, 11) is 1.59. The third-order valence-electron chi connectivity index (χ3n) is 1.60. The Morgan fingerprint density at radius 1 is 1.71 bits per heavy atom. The zero-order valence-electron chi connectivity index (χ0n) is 8.50. The van der Waals surface area contributed by atoms with Gasteiger partial charge in [-0.25, -0.2) is 0 Å². The summed E-state index contributed by atoms with van der Waals surface area (Å²) in [6.45, 7) is 4.18. The maximum absolute atomic E-state index is 11.5. The average molecular weight is 198 g/mol. The van der Waals surface area contributed by atoms with Gasteiger partial charge >= 0.3 is 0 Å². The van der Waals surface area contributed by atoms with E-state index in [0.717, 1.165) is 0 Å². The summed E-state index contributed by atoms with van der Waals surface area (Å²) in [5, 5.41) is 12.4. The Hall–Kier alpha value is -1.43. The van der Waals surface area contributed by atoms with Gasteiger partial charge in [0, 0.05) is 7.11 Å². The molecule has 0 fully saturated rings. The van der Waals surface area contributed by atoms with E-state index >= 15 is 0 Å². The SMILES string of the molecule is COCC(C)(C)NC(=O)c1cn[nH]n1. The third-order valence-corrected chi connectivity index (χ3v) is 1.60. The fourth-order valence-electron chi connectivity index (χ4n) is 1.08. The Morgan fingerprint density at radius 3 is 2.93 bits per heavy atom. The van der Waals surface area contributed by atoms with Gasteiger partial charge in [0.25, 0.3) is 5.91 Å². The van der Waals surface area contributed by atoms with Crippen LogP contribution in [0.15, 0.2) is 6.20 Å². The third kappa shape index (κ3) is 2.81. The first-order chi connectivity index (χ1) is 6.55. The molecule has 14 heavy (non-hydrogen) atoms. The van der Waals surface area contributed by atoms with Crippen molar-refractivity contribution in [1.82, 2.24) is 20.7 Å². The summed E-state index contributed by atoms with van der Waals surface area (Å²) in [5.41, 5.74) is -0.140. The molecule has 0 aliphatic rings. The summed E-state index contributed by atoms with van der Waals surface area (Å²) in [6.07, 6.45) is 1.37. The first-order valence-corrected chi connectivity index (χ1v) is 4.22. The monoisotopic (exact) mass is 198 g/mol. The van der Waals surface area contributed by atoms with Crippen molar-refractivity contribution in [3.8, 4) is 0 Å². The fourth-order valence-corrected chi connectivity index (χ4v) is 1.08. The van der Waals surface area contributed by atoms with Gasteiger partial charge in [-0.05, 0) is 13.8 Å². The van der Waals surface area contributed by atoms with E-state index in [4.69, 9.17) is 4.74 Å². The Labute approximate surface area is 82.0 Å². The first kappa shape index (κ1) is 10.6. The number of nitrogens with one attached hydrogen (secondary N) is 2. The lowest BCUT2D eigenvalue weighted by Crippen LogP contribution is -2.46. The maximum atomic E-state index is 11.5. The number of nitrogens with zero attached hydrogens (tertiary/aromatic N) is 2. The van der Waals surface area contributed by atoms with Gasteiger partial charge in [0.2, 0.25) is 0 Å². The fraction of sp³-hybridized carbons (Fsp3) is 0.625. The lowest BCUT2D eigenvalue weighted by Gasteiger charge is -2.24. The molecule has 0 saturated heterocycles. The summed E-state index contributed by atoms with van der Waals surface area (Å²) in [5.74, 6) is -0.263. The largest absolute Gasteiger partial charge is 0.382 e. The molecule has 0 saturated carbocycles. The lowest BCUT2D eigenvalue weighted by atomic mass is 10.1. The predicted molar refractivity (Wildman–Crippen MR) is 49.8 cm³/mol. The van der Waals surface area contributed by atoms with Crippen LogP contribution < -0.4 is 5.32 Å². The first-order valence-electron chi connectivity index (χ1n) is 4.22. The van der Waals surface area contributed by atoms with Gasteiger partial charge in [0.05, 0.1) is 18.3 Å². The molecule has 1 amide bonds. The number of aromatic amines is 1. The molecular formula is C8H14N4O2. The van der Waals surface area contributed by atoms with Gasteiger partial charge in [-0.3, -0.25) is 4.79 Å². The number of methoxy groups -OCH3 is 1. The van der Waals surface area contributed by atoms with E-state index in [1.54, 1.807) is 7.11 Å². The molecule has 0 aliphatic carbocycles. The van der Waals surface area contributed by atoms with Crippen molar-refractivity contribution in [2.45, 2.75) is 19.4 Å². The van der Waals surface area contributed by atoms with E-state index in [2.05, 4.69) is 20.7 Å². The molecule has 0 spiro atoms. The normalized spacial score (nSPS) is 11.4. The molecule has 1 heterocycles. The van der Waals surface area contributed by atoms with E-state index in [9.17, 15) is 4.79 Å². The second kappa shape index (κ2) is 4.19. The van der Waals surface area contributed by atoms with Gasteiger partial charge in [-0.15, -0.1) is 0 Å². The molecule has 0 bridgehead atoms. The van der Waals surface area contributed by atoms with E-state index in [-0.39, 0.29) is 11.6 Å². The number of hydrogen-bond donors (Lipinski definition) is 2. The second-order valence-corrected chi connectivity index (χ2v) is 3.63. The number of ether oxygens (including phenoxy) is 1. The number of hydrogen-bond acceptors (Lipinski definition) is 4. The Morgan fingerprint density at radius 2 is 2.43 bits per heavy atom. The predicted octanol–water partition coefficient (Wildman–Crippen LogP) is -0.0405. The zero-order chi connectivity index (χ0) is 10.6. The highest BCUT2D eigenvalue weighted by Gasteiger charge is 2.21. The van der Waals surface area contributed by atoms with Crippen molar-refractivity contribution < 1.29 is 9.53 Å². The van der Waals surface area contributed by atoms with Crippen molar-refractivity contribution in [3.63, 3.8) is 0 Å². The molecule has 1 rings (SSSR count). The number of amides is 1. The molecule has 0 aromatic carbocycles. The highest BCUT2D eigenvalue weighted by molar-refractivity contribution is 5.92. The molecule has 2 N–H and O–H groups in total. The van der Waals surface area contributed by atoms with E-state index in [1.165, 1.54) is 6.20 Å². The van der Waals surface area contributed by atoms with Crippen molar-refractivity contribution in [3.05, 3.63) is 11.9 Å². The zero-order valence-corrected chi connectivity index (χ0v) is 8.50. The van der Waals surface area contributed by atoms with Crippen LogP contribution in [-0.4, -0.2) is 40.6 Å². The topological polar surface area (TPSA) is 79.9 Å². The standard InChI is InChI=1S/C8H14N4O2/c1-8(2,5-14-3)10-7(13)6-4-9-12-11-6/h4H,5H2,1-3H3,(H,10,13)(H,9,11,12). The van der Waals surface area contributed by atoms with Gasteiger partial charge in [0.1, 0.15) is 0 Å². The molecule has 78 valence electrons. The highest BCUT2D eigenvalue weighted by Crippen LogP contribution is 2.03. The molecule has 6 heteroatoms. The van der Waals surface area contributed by atoms with Crippen molar-refractivity contribution >= 4 is 5.91 Å². The van der Waals surface area contributed by atoms with E-state index in [1.807, 2.05) is 13.8 Å². The highest BCUT2D eigenvalue weighted by atomic mass is 16.5. The average Bonchev–Trinajstić information content (AvgIpc) is 2.53. The van der Waals surface area contributed by atoms with Crippen molar-refractivity contribution in [2.75, 3.05) is 13.7 Å². The van der Waals surface area contributed by atoms with Crippen molar-refractivity contribution in [1.29, 1.82) is 0 Å². The van der Waals surface area contributed by atoms with Crippen LogP contribution in [-0.2, 0) is 4.74 Å². The second-order valence-electron chi connectivity index (χ2n) is 3.63. The van der Waals surface area contributed by atoms with Crippen LogP contribution in [0.3, 0.4) is 0 Å². The van der Waals surface area contributed by atoms with Gasteiger partial charge < -0.3 is 10.1 Å². The van der Waals surface area contributed by atoms with Crippen LogP contribution in [0.1, 0.15) is 24.3 Å². The maximum Gasteiger partial charge on any atom is 0.273 e. The molecule has 1 aromatic heterocycles. The summed E-state index contributed by atoms with van der Waals surface area (Å²) < 4.78 is 4.97. The van der Waals surface area contributed by atoms with Gasteiger partial charge in [-0.1, -0.05) is 0 Å². The van der Waals surface area contributed by atoms with E-state index in [0.29, 0.717) is 6.61 Å². The number of H-pyrrole nitrogens is 1. The number of aromatic nitrogens is 3. The molecule has 0 atom stereocenters. The Bertz CT molecular complexity index is 294. The number of carbonyl (C=O) groups excluding carboxylic acids is 1. The summed E-state index contributed by atoms with van der Waals surface area (Å²) >= 11 is 0. The van der Waals surface area contributed by atoms with E-state index < -0.39 is 5.54 Å². The molecule has 0 unspecified atom stereocenters. The summed E-state index contributed by atoms with van der Waals surface area (Å²) in [4.78, 5) is 11.5. The van der Waals surface area contributed by atoms with Crippen LogP contribution in [0.2, 0.25) is 0 Å². The lowest BCUT2D eigenvalue weighted by molar-refractivity contribution is 0.0815. The molecule has 0 radical (unpaired) electrons. The minimum atomic E-state index is -0.412. The number of carbonyl (C=O) groups is 1. The van der Waals surface area contributed by atoms with Crippen molar-refractivity contribution in [2.24, 2.45) is 0 Å². The molecular weight excluding hydrogens is 184 g/mol. The Kier molecular flexibility index (Phi) is 3.19. The van der Waals surface area contributed by atoms with Gasteiger partial charge in [-0.2, -0.15) is 15.4 Å².